The van der Waals surface area contributed by atoms with E-state index in [-0.39, 0.29) is 6.10 Å². The van der Waals surface area contributed by atoms with E-state index in [2.05, 4.69) is 0 Å². The Labute approximate surface area is 94.6 Å². The first-order chi connectivity index (χ1) is 7.55. The van der Waals surface area contributed by atoms with E-state index in [0.29, 0.717) is 5.76 Å². The standard InChI is InChI=1S/C13H16O3/c1-9(15-3)13(2,14)12-8-10-6-4-5-7-11(10)16-12/h4-9,14H,1-3H3. The Morgan fingerprint density at radius 1 is 1.38 bits per heavy atom. The Balaban J connectivity index is 2.47. The van der Waals surface area contributed by atoms with Gasteiger partial charge in [-0.2, -0.15) is 0 Å². The molecule has 0 fully saturated rings. The summed E-state index contributed by atoms with van der Waals surface area (Å²) in [7, 11) is 1.57. The molecule has 1 heterocycles. The summed E-state index contributed by atoms with van der Waals surface area (Å²) in [5.41, 5.74) is -0.339. The van der Waals surface area contributed by atoms with Crippen molar-refractivity contribution in [1.82, 2.24) is 0 Å². The van der Waals surface area contributed by atoms with Crippen LogP contribution in [-0.4, -0.2) is 18.3 Å². The fourth-order valence-corrected chi connectivity index (χ4v) is 1.66. The summed E-state index contributed by atoms with van der Waals surface area (Å²) in [5.74, 6) is 0.531. The van der Waals surface area contributed by atoms with Gasteiger partial charge in [0.1, 0.15) is 16.9 Å². The third kappa shape index (κ3) is 1.72. The predicted molar refractivity (Wildman–Crippen MR) is 62.3 cm³/mol. The third-order valence-corrected chi connectivity index (χ3v) is 3.07. The number of hydrogen-bond acceptors (Lipinski definition) is 3. The molecular weight excluding hydrogens is 204 g/mol. The van der Waals surface area contributed by atoms with Gasteiger partial charge in [-0.3, -0.25) is 0 Å². The molecule has 16 heavy (non-hydrogen) atoms. The number of methoxy groups -OCH3 is 1. The molecule has 2 atom stereocenters. The van der Waals surface area contributed by atoms with Crippen LogP contribution >= 0.6 is 0 Å². The molecule has 0 spiro atoms. The van der Waals surface area contributed by atoms with Crippen LogP contribution in [0, 0.1) is 0 Å². The molecule has 0 aliphatic heterocycles. The molecule has 86 valence electrons. The van der Waals surface area contributed by atoms with Crippen LogP contribution in [-0.2, 0) is 10.3 Å². The summed E-state index contributed by atoms with van der Waals surface area (Å²) in [6.45, 7) is 3.51. The molecule has 0 aliphatic carbocycles. The molecule has 2 unspecified atom stereocenters. The Hall–Kier alpha value is -1.32. The monoisotopic (exact) mass is 220 g/mol. The number of para-hydroxylation sites is 1. The second kappa shape index (κ2) is 3.92. The molecule has 2 rings (SSSR count). The smallest absolute Gasteiger partial charge is 0.145 e. The fraction of sp³-hybridized carbons (Fsp3) is 0.385. The molecule has 0 bridgehead atoms. The van der Waals surface area contributed by atoms with E-state index in [0.717, 1.165) is 11.0 Å². The second-order valence-corrected chi connectivity index (χ2v) is 4.17. The molecule has 3 nitrogen and oxygen atoms in total. The highest BCUT2D eigenvalue weighted by Crippen LogP contribution is 2.31. The molecular formula is C13H16O3. The Morgan fingerprint density at radius 3 is 2.69 bits per heavy atom. The van der Waals surface area contributed by atoms with Crippen LogP contribution < -0.4 is 0 Å². The number of aliphatic hydroxyl groups is 1. The van der Waals surface area contributed by atoms with Gasteiger partial charge in [-0.1, -0.05) is 18.2 Å². The molecule has 1 aromatic heterocycles. The largest absolute Gasteiger partial charge is 0.458 e. The van der Waals surface area contributed by atoms with Crippen molar-refractivity contribution in [2.75, 3.05) is 7.11 Å². The number of ether oxygens (including phenoxy) is 1. The highest BCUT2D eigenvalue weighted by atomic mass is 16.5. The summed E-state index contributed by atoms with van der Waals surface area (Å²) in [5, 5.41) is 11.3. The van der Waals surface area contributed by atoms with Crippen molar-refractivity contribution in [3.05, 3.63) is 36.1 Å². The zero-order valence-electron chi connectivity index (χ0n) is 9.73. The predicted octanol–water partition coefficient (Wildman–Crippen LogP) is 2.68. The average Bonchev–Trinajstić information content (AvgIpc) is 2.72. The molecule has 0 aliphatic rings. The lowest BCUT2D eigenvalue weighted by atomic mass is 9.97. The van der Waals surface area contributed by atoms with Crippen molar-refractivity contribution < 1.29 is 14.3 Å². The van der Waals surface area contributed by atoms with Gasteiger partial charge in [-0.25, -0.2) is 0 Å². The lowest BCUT2D eigenvalue weighted by Gasteiger charge is -2.26. The second-order valence-electron chi connectivity index (χ2n) is 4.17. The van der Waals surface area contributed by atoms with Gasteiger partial charge in [-0.15, -0.1) is 0 Å². The zero-order chi connectivity index (χ0) is 11.8. The van der Waals surface area contributed by atoms with Gasteiger partial charge in [0.15, 0.2) is 0 Å². The molecule has 0 amide bonds. The van der Waals surface area contributed by atoms with E-state index in [1.165, 1.54) is 0 Å². The molecule has 3 heteroatoms. The lowest BCUT2D eigenvalue weighted by molar-refractivity contribution is -0.0885. The van der Waals surface area contributed by atoms with Crippen LogP contribution in [0.25, 0.3) is 11.0 Å². The number of furan rings is 1. The van der Waals surface area contributed by atoms with Crippen LogP contribution in [0.1, 0.15) is 19.6 Å². The summed E-state index contributed by atoms with van der Waals surface area (Å²) in [6, 6.07) is 9.54. The van der Waals surface area contributed by atoms with Gasteiger partial charge in [0.2, 0.25) is 0 Å². The minimum Gasteiger partial charge on any atom is -0.458 e. The van der Waals surface area contributed by atoms with Gasteiger partial charge < -0.3 is 14.3 Å². The maximum atomic E-state index is 10.3. The van der Waals surface area contributed by atoms with E-state index in [1.807, 2.05) is 37.3 Å². The minimum absolute atomic E-state index is 0.326. The van der Waals surface area contributed by atoms with E-state index < -0.39 is 5.60 Å². The van der Waals surface area contributed by atoms with Crippen molar-refractivity contribution in [1.29, 1.82) is 0 Å². The number of fused-ring (bicyclic) bond motifs is 1. The summed E-state index contributed by atoms with van der Waals surface area (Å²) in [4.78, 5) is 0. The van der Waals surface area contributed by atoms with Crippen LogP contribution in [0.5, 0.6) is 0 Å². The number of rotatable bonds is 3. The highest BCUT2D eigenvalue weighted by Gasteiger charge is 2.34. The molecule has 0 radical (unpaired) electrons. The summed E-state index contributed by atoms with van der Waals surface area (Å²) >= 11 is 0. The summed E-state index contributed by atoms with van der Waals surface area (Å²) in [6.07, 6.45) is -0.326. The maximum Gasteiger partial charge on any atom is 0.145 e. The number of hydrogen-bond donors (Lipinski definition) is 1. The van der Waals surface area contributed by atoms with E-state index in [1.54, 1.807) is 14.0 Å². The van der Waals surface area contributed by atoms with Gasteiger partial charge in [0, 0.05) is 12.5 Å². The fourth-order valence-electron chi connectivity index (χ4n) is 1.66. The van der Waals surface area contributed by atoms with Crippen LogP contribution in [0.15, 0.2) is 34.7 Å². The average molecular weight is 220 g/mol. The molecule has 1 aromatic carbocycles. The van der Waals surface area contributed by atoms with Crippen molar-refractivity contribution >= 4 is 11.0 Å². The lowest BCUT2D eigenvalue weighted by Crippen LogP contribution is -2.35. The van der Waals surface area contributed by atoms with Crippen molar-refractivity contribution in [3.8, 4) is 0 Å². The number of benzene rings is 1. The maximum absolute atomic E-state index is 10.3. The van der Waals surface area contributed by atoms with Crippen LogP contribution in [0.4, 0.5) is 0 Å². The normalized spacial score (nSPS) is 17.2. The van der Waals surface area contributed by atoms with E-state index in [9.17, 15) is 5.11 Å². The van der Waals surface area contributed by atoms with Crippen LogP contribution in [0.3, 0.4) is 0 Å². The van der Waals surface area contributed by atoms with Gasteiger partial charge in [0.25, 0.3) is 0 Å². The SMILES string of the molecule is COC(C)C(C)(O)c1cc2ccccc2o1. The Morgan fingerprint density at radius 2 is 2.06 bits per heavy atom. The van der Waals surface area contributed by atoms with Crippen LogP contribution in [0.2, 0.25) is 0 Å². The topological polar surface area (TPSA) is 42.6 Å². The summed E-state index contributed by atoms with van der Waals surface area (Å²) < 4.78 is 10.8. The third-order valence-electron chi connectivity index (χ3n) is 3.07. The van der Waals surface area contributed by atoms with Gasteiger partial charge in [-0.05, 0) is 26.0 Å². The molecule has 0 saturated carbocycles. The van der Waals surface area contributed by atoms with E-state index >= 15 is 0 Å². The Kier molecular flexibility index (Phi) is 2.74. The minimum atomic E-state index is -1.12. The zero-order valence-corrected chi connectivity index (χ0v) is 9.73. The highest BCUT2D eigenvalue weighted by molar-refractivity contribution is 5.77. The van der Waals surface area contributed by atoms with Crippen molar-refractivity contribution in [2.24, 2.45) is 0 Å². The van der Waals surface area contributed by atoms with Crippen molar-refractivity contribution in [2.45, 2.75) is 25.6 Å². The first-order valence-corrected chi connectivity index (χ1v) is 5.30. The first kappa shape index (κ1) is 11.2. The van der Waals surface area contributed by atoms with Gasteiger partial charge in [0.05, 0.1) is 6.10 Å². The quantitative estimate of drug-likeness (QED) is 0.864. The Bertz CT molecular complexity index is 452. The molecule has 0 saturated heterocycles. The molecule has 1 N–H and O–H groups in total. The molecule has 2 aromatic rings. The first-order valence-electron chi connectivity index (χ1n) is 5.30. The van der Waals surface area contributed by atoms with E-state index in [4.69, 9.17) is 9.15 Å². The van der Waals surface area contributed by atoms with Gasteiger partial charge >= 0.3 is 0 Å². The van der Waals surface area contributed by atoms with Crippen molar-refractivity contribution in [3.63, 3.8) is 0 Å².